The first kappa shape index (κ1) is 44.4. The molecule has 41 heavy (non-hydrogen) atoms. The van der Waals surface area contributed by atoms with Crippen molar-refractivity contribution in [3.63, 3.8) is 0 Å². The average Bonchev–Trinajstić information content (AvgIpc) is 2.93. The van der Waals surface area contributed by atoms with E-state index in [0.717, 1.165) is 25.7 Å². The van der Waals surface area contributed by atoms with Crippen molar-refractivity contribution in [1.29, 1.82) is 0 Å². The predicted octanol–water partition coefficient (Wildman–Crippen LogP) is 12.2. The molecule has 0 heterocycles. The van der Waals surface area contributed by atoms with E-state index in [2.05, 4.69) is 38.2 Å². The molecule has 0 aliphatic carbocycles. The van der Waals surface area contributed by atoms with E-state index in [0.29, 0.717) is 12.8 Å². The fourth-order valence-electron chi connectivity index (χ4n) is 4.69. The molecule has 0 unspecified atom stereocenters. The van der Waals surface area contributed by atoms with Gasteiger partial charge in [0.05, 0.1) is 0 Å². The van der Waals surface area contributed by atoms with Crippen LogP contribution in [-0.2, 0) is 26.7 Å². The second kappa shape index (κ2) is 41.1. The number of hydrogen-bond acceptors (Lipinski definition) is 2. The first-order valence-corrected chi connectivity index (χ1v) is 17.3. The zero-order valence-electron chi connectivity index (χ0n) is 27.2. The van der Waals surface area contributed by atoms with E-state index in [1.807, 2.05) is 0 Å². The minimum absolute atomic E-state index is 0. The maximum Gasteiger partial charge on any atom is 0.303 e. The van der Waals surface area contributed by atoms with Crippen molar-refractivity contribution < 1.29 is 36.9 Å². The molecule has 0 aliphatic rings. The van der Waals surface area contributed by atoms with Gasteiger partial charge in [-0.1, -0.05) is 141 Å². The summed E-state index contributed by atoms with van der Waals surface area (Å²) in [6.07, 6.45) is 42.5. The van der Waals surface area contributed by atoms with Gasteiger partial charge in [-0.2, -0.15) is 0 Å². The summed E-state index contributed by atoms with van der Waals surface area (Å²) in [5, 5.41) is 17.0. The second-order valence-corrected chi connectivity index (χ2v) is 11.5. The third kappa shape index (κ3) is 49.0. The van der Waals surface area contributed by atoms with Crippen molar-refractivity contribution in [2.45, 2.75) is 194 Å². The molecule has 5 heteroatoms. The zero-order chi connectivity index (χ0) is 29.8. The van der Waals surface area contributed by atoms with Crippen molar-refractivity contribution in [3.05, 3.63) is 24.3 Å². The van der Waals surface area contributed by atoms with Gasteiger partial charge in [0.2, 0.25) is 0 Å². The van der Waals surface area contributed by atoms with Crippen LogP contribution in [0.3, 0.4) is 0 Å². The standard InChI is InChI=1S/2C18H34O2.Mn/c2*1-2-3-4-5-6-7-8-9-10-11-12-13-14-15-16-17-18(19)20;/h2*9-10H,2-8,11-17H2,1H3,(H,19,20);/b2*10-9-;. The number of unbranched alkanes of at least 4 members (excludes halogenated alkanes) is 22. The second-order valence-electron chi connectivity index (χ2n) is 11.5. The average molecular weight is 620 g/mol. The van der Waals surface area contributed by atoms with Crippen LogP contribution >= 0.6 is 0 Å². The largest absolute Gasteiger partial charge is 0.481 e. The van der Waals surface area contributed by atoms with Gasteiger partial charge in [0.1, 0.15) is 0 Å². The molecule has 1 radical (unpaired) electrons. The monoisotopic (exact) mass is 619 g/mol. The van der Waals surface area contributed by atoms with Crippen LogP contribution in [-0.4, -0.2) is 22.2 Å². The third-order valence-electron chi connectivity index (χ3n) is 7.30. The summed E-state index contributed by atoms with van der Waals surface area (Å²) in [6, 6.07) is 0. The Labute approximate surface area is 266 Å². The van der Waals surface area contributed by atoms with E-state index in [4.69, 9.17) is 10.2 Å². The summed E-state index contributed by atoms with van der Waals surface area (Å²) in [5.41, 5.74) is 0. The molecule has 4 nitrogen and oxygen atoms in total. The van der Waals surface area contributed by atoms with Crippen molar-refractivity contribution in [3.8, 4) is 0 Å². The number of hydrogen-bond donors (Lipinski definition) is 2. The van der Waals surface area contributed by atoms with Crippen LogP contribution in [0.4, 0.5) is 0 Å². The van der Waals surface area contributed by atoms with Gasteiger partial charge in [0, 0.05) is 29.9 Å². The number of carboxylic acid groups (broad SMARTS) is 2. The van der Waals surface area contributed by atoms with Crippen LogP contribution in [0.25, 0.3) is 0 Å². The smallest absolute Gasteiger partial charge is 0.303 e. The number of carboxylic acids is 2. The summed E-state index contributed by atoms with van der Waals surface area (Å²) >= 11 is 0. The summed E-state index contributed by atoms with van der Waals surface area (Å²) in [7, 11) is 0. The van der Waals surface area contributed by atoms with Crippen LogP contribution in [0.2, 0.25) is 0 Å². The molecule has 0 aromatic heterocycles. The predicted molar refractivity (Wildman–Crippen MR) is 174 cm³/mol. The van der Waals surface area contributed by atoms with Crippen LogP contribution in [0.15, 0.2) is 24.3 Å². The fraction of sp³-hybridized carbons (Fsp3) is 0.833. The maximum absolute atomic E-state index is 10.3. The van der Waals surface area contributed by atoms with E-state index in [1.54, 1.807) is 0 Å². The van der Waals surface area contributed by atoms with Gasteiger partial charge in [-0.25, -0.2) is 0 Å². The summed E-state index contributed by atoms with van der Waals surface area (Å²) in [4.78, 5) is 20.6. The van der Waals surface area contributed by atoms with Crippen LogP contribution in [0.1, 0.15) is 194 Å². The minimum Gasteiger partial charge on any atom is -0.481 e. The Morgan fingerprint density at radius 1 is 0.390 bits per heavy atom. The van der Waals surface area contributed by atoms with Gasteiger partial charge in [-0.15, -0.1) is 0 Å². The number of aliphatic carboxylic acids is 2. The molecule has 0 atom stereocenters. The number of carbonyl (C=O) groups is 2. The van der Waals surface area contributed by atoms with E-state index >= 15 is 0 Å². The fourth-order valence-corrected chi connectivity index (χ4v) is 4.69. The molecular weight excluding hydrogens is 551 g/mol. The van der Waals surface area contributed by atoms with E-state index < -0.39 is 11.9 Å². The Kier molecular flexibility index (Phi) is 44.5. The molecule has 0 aliphatic heterocycles. The Hall–Kier alpha value is -1.06. The number of allylic oxidation sites excluding steroid dienone is 4. The topological polar surface area (TPSA) is 74.6 Å². The van der Waals surface area contributed by atoms with Crippen molar-refractivity contribution in [2.75, 3.05) is 0 Å². The molecule has 0 aromatic rings. The molecule has 0 aromatic carbocycles. The Morgan fingerprint density at radius 3 is 0.854 bits per heavy atom. The minimum atomic E-state index is -0.664. The Balaban J connectivity index is -0.000000688. The molecule has 243 valence electrons. The molecule has 0 saturated heterocycles. The first-order chi connectivity index (χ1) is 19.5. The van der Waals surface area contributed by atoms with Crippen LogP contribution in [0, 0.1) is 0 Å². The van der Waals surface area contributed by atoms with Gasteiger partial charge in [-0.05, 0) is 64.2 Å². The molecule has 0 bridgehead atoms. The van der Waals surface area contributed by atoms with E-state index in [1.165, 1.54) is 141 Å². The van der Waals surface area contributed by atoms with Gasteiger partial charge in [0.25, 0.3) is 0 Å². The van der Waals surface area contributed by atoms with Crippen molar-refractivity contribution >= 4 is 11.9 Å². The maximum atomic E-state index is 10.3. The quantitative estimate of drug-likeness (QED) is 0.0476. The summed E-state index contributed by atoms with van der Waals surface area (Å²) < 4.78 is 0. The molecular formula is C36H68MnO4. The van der Waals surface area contributed by atoms with Crippen molar-refractivity contribution in [1.82, 2.24) is 0 Å². The zero-order valence-corrected chi connectivity index (χ0v) is 28.4. The van der Waals surface area contributed by atoms with E-state index in [-0.39, 0.29) is 17.1 Å². The summed E-state index contributed by atoms with van der Waals surface area (Å²) in [6.45, 7) is 4.52. The van der Waals surface area contributed by atoms with Crippen molar-refractivity contribution in [2.24, 2.45) is 0 Å². The molecule has 0 saturated carbocycles. The third-order valence-corrected chi connectivity index (χ3v) is 7.30. The van der Waals surface area contributed by atoms with Gasteiger partial charge < -0.3 is 10.2 Å². The molecule has 0 spiro atoms. The van der Waals surface area contributed by atoms with Gasteiger partial charge in [-0.3, -0.25) is 9.59 Å². The van der Waals surface area contributed by atoms with E-state index in [9.17, 15) is 9.59 Å². The Bertz CT molecular complexity index is 524. The molecule has 2 N–H and O–H groups in total. The first-order valence-electron chi connectivity index (χ1n) is 17.3. The Morgan fingerprint density at radius 2 is 0.610 bits per heavy atom. The van der Waals surface area contributed by atoms with Gasteiger partial charge in [0.15, 0.2) is 0 Å². The van der Waals surface area contributed by atoms with Crippen LogP contribution in [0.5, 0.6) is 0 Å². The normalized spacial score (nSPS) is 11.0. The SMILES string of the molecule is CCCCCCCC/C=C\CCCCCCCC(=O)O.CCCCCCCC/C=C\CCCCCCCC(=O)O.[Mn]. The molecule has 0 amide bonds. The summed E-state index contributed by atoms with van der Waals surface area (Å²) in [5.74, 6) is -1.33. The van der Waals surface area contributed by atoms with Crippen LogP contribution < -0.4 is 0 Å². The number of rotatable bonds is 30. The molecule has 0 fully saturated rings. The molecule has 0 rings (SSSR count). The van der Waals surface area contributed by atoms with Gasteiger partial charge >= 0.3 is 11.9 Å².